The van der Waals surface area contributed by atoms with Crippen LogP contribution in [0, 0.1) is 12.8 Å². The molecule has 2 aromatic rings. The molecule has 1 aromatic heterocycles. The van der Waals surface area contributed by atoms with Crippen LogP contribution in [-0.2, 0) is 6.42 Å². The van der Waals surface area contributed by atoms with Gasteiger partial charge in [-0.15, -0.1) is 0 Å². The van der Waals surface area contributed by atoms with Crippen LogP contribution >= 0.6 is 0 Å². The first kappa shape index (κ1) is 18.1. The molecule has 5 nitrogen and oxygen atoms in total. The summed E-state index contributed by atoms with van der Waals surface area (Å²) in [7, 11) is 0. The molecule has 1 heterocycles. The molecular formula is C18H26FN5. The van der Waals surface area contributed by atoms with E-state index in [1.54, 1.807) is 0 Å². The first-order valence-corrected chi connectivity index (χ1v) is 8.33. The summed E-state index contributed by atoms with van der Waals surface area (Å²) in [6, 6.07) is 6.45. The van der Waals surface area contributed by atoms with Gasteiger partial charge in [0.25, 0.3) is 0 Å². The minimum Gasteiger partial charge on any atom is -0.368 e. The summed E-state index contributed by atoms with van der Waals surface area (Å²) in [5, 5.41) is 3.32. The number of nitrogens with zero attached hydrogens (tertiary/aromatic N) is 3. The molecule has 0 radical (unpaired) electrons. The fourth-order valence-corrected chi connectivity index (χ4v) is 2.72. The van der Waals surface area contributed by atoms with Crippen molar-refractivity contribution in [3.63, 3.8) is 0 Å². The number of hydrogen-bond acceptors (Lipinski definition) is 5. The van der Waals surface area contributed by atoms with Crippen LogP contribution in [0.15, 0.2) is 18.2 Å². The van der Waals surface area contributed by atoms with Gasteiger partial charge in [0.15, 0.2) is 12.0 Å². The van der Waals surface area contributed by atoms with Crippen LogP contribution in [0.3, 0.4) is 0 Å². The van der Waals surface area contributed by atoms with Crippen LogP contribution in [0.5, 0.6) is 0 Å². The van der Waals surface area contributed by atoms with Crippen LogP contribution in [0.1, 0.15) is 62.4 Å². The fourth-order valence-electron chi connectivity index (χ4n) is 2.72. The van der Waals surface area contributed by atoms with Gasteiger partial charge < -0.3 is 11.1 Å². The van der Waals surface area contributed by atoms with Gasteiger partial charge in [0.05, 0.1) is 6.04 Å². The maximum absolute atomic E-state index is 13.5. The number of anilines is 2. The molecule has 130 valence electrons. The second-order valence-electron chi connectivity index (χ2n) is 6.41. The number of nitrogens with one attached hydrogen (secondary N) is 1. The van der Waals surface area contributed by atoms with Gasteiger partial charge in [0.1, 0.15) is 0 Å². The molecule has 0 spiro atoms. The molecule has 3 N–H and O–H groups in total. The molecule has 0 aliphatic heterocycles. The first-order chi connectivity index (χ1) is 11.3. The molecule has 0 aliphatic rings. The van der Waals surface area contributed by atoms with Gasteiger partial charge in [-0.2, -0.15) is 15.0 Å². The lowest BCUT2D eigenvalue weighted by Crippen LogP contribution is -2.21. The van der Waals surface area contributed by atoms with Crippen molar-refractivity contribution >= 4 is 11.9 Å². The summed E-state index contributed by atoms with van der Waals surface area (Å²) < 4.78 is 13.5. The minimum atomic E-state index is -1.29. The first-order valence-electron chi connectivity index (χ1n) is 8.33. The molecular weight excluding hydrogens is 305 g/mol. The van der Waals surface area contributed by atoms with Crippen LogP contribution < -0.4 is 11.1 Å². The van der Waals surface area contributed by atoms with E-state index in [9.17, 15) is 4.39 Å². The number of rotatable bonds is 6. The maximum Gasteiger partial charge on any atom is 0.228 e. The third-order valence-electron chi connectivity index (χ3n) is 3.99. The third kappa shape index (κ3) is 4.19. The average Bonchev–Trinajstić information content (AvgIpc) is 2.51. The van der Waals surface area contributed by atoms with Crippen molar-refractivity contribution in [2.24, 2.45) is 5.92 Å². The molecule has 1 aromatic carbocycles. The van der Waals surface area contributed by atoms with Crippen molar-refractivity contribution in [3.05, 3.63) is 40.7 Å². The van der Waals surface area contributed by atoms with E-state index in [-0.39, 0.29) is 17.8 Å². The number of aromatic nitrogens is 3. The average molecular weight is 331 g/mol. The highest BCUT2D eigenvalue weighted by molar-refractivity contribution is 5.41. The second-order valence-corrected chi connectivity index (χ2v) is 6.41. The molecule has 0 saturated carbocycles. The van der Waals surface area contributed by atoms with Crippen LogP contribution in [0.25, 0.3) is 0 Å². The lowest BCUT2D eigenvalue weighted by atomic mass is 9.90. The van der Waals surface area contributed by atoms with Gasteiger partial charge in [-0.3, -0.25) is 0 Å². The monoisotopic (exact) mass is 331 g/mol. The Kier molecular flexibility index (Phi) is 5.70. The van der Waals surface area contributed by atoms with Gasteiger partial charge >= 0.3 is 0 Å². The van der Waals surface area contributed by atoms with Crippen molar-refractivity contribution in [1.29, 1.82) is 0 Å². The highest BCUT2D eigenvalue weighted by Gasteiger charge is 2.21. The van der Waals surface area contributed by atoms with E-state index in [0.29, 0.717) is 11.9 Å². The summed E-state index contributed by atoms with van der Waals surface area (Å²) in [5.74, 6) is 0.674. The number of benzene rings is 1. The summed E-state index contributed by atoms with van der Waals surface area (Å²) in [4.78, 5) is 12.1. The van der Waals surface area contributed by atoms with Crippen molar-refractivity contribution in [3.8, 4) is 0 Å². The Morgan fingerprint density at radius 1 is 1.17 bits per heavy atom. The summed E-state index contributed by atoms with van der Waals surface area (Å²) >= 11 is 0. The van der Waals surface area contributed by atoms with E-state index in [2.05, 4.69) is 66.2 Å². The Morgan fingerprint density at radius 3 is 2.46 bits per heavy atom. The standard InChI is InChI=1S/C18H26FN5/c1-6-13-8-7-11(4)9-14(13)15(10(2)3)21-18-23-16(12(5)19)22-17(20)24-18/h7-10,12,15H,6H2,1-5H3,(H3,20,21,22,23,24)/t12-,15?/m1/s1. The largest absolute Gasteiger partial charge is 0.368 e. The number of nitrogen functional groups attached to an aromatic ring is 1. The van der Waals surface area contributed by atoms with Gasteiger partial charge in [-0.25, -0.2) is 4.39 Å². The number of aryl methyl sites for hydroxylation is 2. The molecule has 0 bridgehead atoms. The summed E-state index contributed by atoms with van der Waals surface area (Å²) in [6.07, 6.45) is -0.356. The molecule has 2 rings (SSSR count). The Labute approximate surface area is 142 Å². The minimum absolute atomic E-state index is 0.00409. The normalized spacial score (nSPS) is 13.8. The number of nitrogens with two attached hydrogens (primary N) is 1. The van der Waals surface area contributed by atoms with Crippen LogP contribution in [-0.4, -0.2) is 15.0 Å². The molecule has 0 amide bonds. The highest BCUT2D eigenvalue weighted by atomic mass is 19.1. The van der Waals surface area contributed by atoms with Crippen LogP contribution in [0.4, 0.5) is 16.3 Å². The molecule has 0 aliphatic carbocycles. The Bertz CT molecular complexity index is 700. The Balaban J connectivity index is 2.42. The van der Waals surface area contributed by atoms with Gasteiger partial charge in [-0.05, 0) is 37.3 Å². The molecule has 0 fully saturated rings. The maximum atomic E-state index is 13.5. The number of hydrogen-bond donors (Lipinski definition) is 2. The van der Waals surface area contributed by atoms with Crippen molar-refractivity contribution < 1.29 is 4.39 Å². The van der Waals surface area contributed by atoms with Gasteiger partial charge in [-0.1, -0.05) is 44.5 Å². The SMILES string of the molecule is CCc1ccc(C)cc1C(Nc1nc(N)nc([C@@H](C)F)n1)C(C)C. The summed E-state index contributed by atoms with van der Waals surface area (Å²) in [6.45, 7) is 9.85. The Morgan fingerprint density at radius 2 is 1.88 bits per heavy atom. The van der Waals surface area contributed by atoms with Crippen molar-refractivity contribution in [2.75, 3.05) is 11.1 Å². The number of alkyl halides is 1. The van der Waals surface area contributed by atoms with E-state index < -0.39 is 6.17 Å². The second kappa shape index (κ2) is 7.55. The zero-order valence-electron chi connectivity index (χ0n) is 15.0. The van der Waals surface area contributed by atoms with E-state index in [4.69, 9.17) is 5.73 Å². The summed E-state index contributed by atoms with van der Waals surface area (Å²) in [5.41, 5.74) is 9.38. The van der Waals surface area contributed by atoms with Gasteiger partial charge in [0.2, 0.25) is 11.9 Å². The lowest BCUT2D eigenvalue weighted by molar-refractivity contribution is 0.356. The van der Waals surface area contributed by atoms with E-state index >= 15 is 0 Å². The van der Waals surface area contributed by atoms with E-state index in [0.717, 1.165) is 6.42 Å². The van der Waals surface area contributed by atoms with Crippen molar-refractivity contribution in [2.45, 2.75) is 53.3 Å². The zero-order valence-corrected chi connectivity index (χ0v) is 15.0. The van der Waals surface area contributed by atoms with Gasteiger partial charge in [0, 0.05) is 0 Å². The predicted molar refractivity (Wildman–Crippen MR) is 95.5 cm³/mol. The van der Waals surface area contributed by atoms with E-state index in [1.807, 2.05) is 0 Å². The fraction of sp³-hybridized carbons (Fsp3) is 0.500. The highest BCUT2D eigenvalue weighted by Crippen LogP contribution is 2.29. The van der Waals surface area contributed by atoms with Crippen LogP contribution in [0.2, 0.25) is 0 Å². The van der Waals surface area contributed by atoms with Crippen molar-refractivity contribution in [1.82, 2.24) is 15.0 Å². The quantitative estimate of drug-likeness (QED) is 0.831. The predicted octanol–water partition coefficient (Wildman–Crippen LogP) is 4.16. The smallest absolute Gasteiger partial charge is 0.228 e. The Hall–Kier alpha value is -2.24. The molecule has 6 heteroatoms. The molecule has 1 unspecified atom stereocenters. The zero-order chi connectivity index (χ0) is 17.9. The third-order valence-corrected chi connectivity index (χ3v) is 3.99. The number of halogens is 1. The lowest BCUT2D eigenvalue weighted by Gasteiger charge is -2.26. The molecule has 0 saturated heterocycles. The van der Waals surface area contributed by atoms with E-state index in [1.165, 1.54) is 23.6 Å². The molecule has 24 heavy (non-hydrogen) atoms. The topological polar surface area (TPSA) is 76.7 Å². The molecule has 2 atom stereocenters.